The molecule has 1 aromatic carbocycles. The third kappa shape index (κ3) is 1.66. The molecule has 0 amide bonds. The monoisotopic (exact) mass is 260 g/mol. The zero-order valence-electron chi connectivity index (χ0n) is 11.0. The zero-order valence-corrected chi connectivity index (χ0v) is 11.0. The van der Waals surface area contributed by atoms with Crippen LogP contribution in [-0.4, -0.2) is 19.9 Å². The number of hydrogen-bond acceptors (Lipinski definition) is 3. The second-order valence-corrected chi connectivity index (χ2v) is 4.79. The molecule has 20 heavy (non-hydrogen) atoms. The van der Waals surface area contributed by atoms with Crippen molar-refractivity contribution in [3.63, 3.8) is 0 Å². The number of rotatable bonds is 1. The molecule has 3 aromatic heterocycles. The van der Waals surface area contributed by atoms with Crippen LogP contribution in [0.2, 0.25) is 0 Å². The topological polar surface area (TPSA) is 54.5 Å². The second kappa shape index (κ2) is 4.13. The van der Waals surface area contributed by atoms with E-state index in [-0.39, 0.29) is 0 Å². The molecule has 0 aliphatic carbocycles. The van der Waals surface area contributed by atoms with Gasteiger partial charge in [-0.25, -0.2) is 9.97 Å². The molecular weight excluding hydrogens is 248 g/mol. The molecule has 4 aromatic rings. The molecule has 0 saturated carbocycles. The minimum Gasteiger partial charge on any atom is -0.335 e. The van der Waals surface area contributed by atoms with Gasteiger partial charge in [-0.3, -0.25) is 4.98 Å². The van der Waals surface area contributed by atoms with Crippen LogP contribution in [0.25, 0.3) is 33.5 Å². The number of nitrogens with zero attached hydrogens (tertiary/aromatic N) is 3. The maximum absolute atomic E-state index is 4.56. The van der Waals surface area contributed by atoms with Crippen molar-refractivity contribution in [3.05, 3.63) is 54.4 Å². The van der Waals surface area contributed by atoms with E-state index in [0.29, 0.717) is 0 Å². The fourth-order valence-corrected chi connectivity index (χ4v) is 2.41. The molecule has 1 N–H and O–H groups in total. The van der Waals surface area contributed by atoms with Crippen molar-refractivity contribution in [3.8, 4) is 11.5 Å². The number of aromatic amines is 1. The first-order valence-corrected chi connectivity index (χ1v) is 6.49. The van der Waals surface area contributed by atoms with Crippen molar-refractivity contribution in [2.75, 3.05) is 0 Å². The number of aryl methyl sites for hydroxylation is 1. The molecule has 4 nitrogen and oxygen atoms in total. The van der Waals surface area contributed by atoms with Crippen molar-refractivity contribution in [2.24, 2.45) is 0 Å². The number of benzene rings is 1. The quantitative estimate of drug-likeness (QED) is 0.570. The van der Waals surface area contributed by atoms with Gasteiger partial charge < -0.3 is 4.98 Å². The Morgan fingerprint density at radius 3 is 2.80 bits per heavy atom. The Morgan fingerprint density at radius 2 is 1.85 bits per heavy atom. The van der Waals surface area contributed by atoms with Gasteiger partial charge in [-0.1, -0.05) is 24.3 Å². The number of hydrogen-bond donors (Lipinski definition) is 1. The lowest BCUT2D eigenvalue weighted by molar-refractivity contribution is 1.21. The molecule has 0 spiro atoms. The largest absolute Gasteiger partial charge is 0.335 e. The van der Waals surface area contributed by atoms with Gasteiger partial charge in [0.05, 0.1) is 5.52 Å². The van der Waals surface area contributed by atoms with Crippen LogP contribution in [-0.2, 0) is 0 Å². The predicted molar refractivity (Wildman–Crippen MR) is 79.4 cm³/mol. The molecule has 0 saturated heterocycles. The molecule has 0 aliphatic heterocycles. The fraction of sp³-hybridized carbons (Fsp3) is 0.0625. The Kier molecular flexibility index (Phi) is 2.29. The molecule has 0 unspecified atom stereocenters. The number of H-pyrrole nitrogens is 1. The highest BCUT2D eigenvalue weighted by Crippen LogP contribution is 2.25. The smallest absolute Gasteiger partial charge is 0.178 e. The van der Waals surface area contributed by atoms with Gasteiger partial charge in [0.25, 0.3) is 0 Å². The Balaban J connectivity index is 2.01. The Hall–Kier alpha value is -2.75. The maximum atomic E-state index is 4.56. The average molecular weight is 260 g/mol. The molecule has 0 fully saturated rings. The van der Waals surface area contributed by atoms with Crippen LogP contribution in [0.15, 0.2) is 48.7 Å². The third-order valence-corrected chi connectivity index (χ3v) is 3.38. The molecule has 0 aliphatic rings. The van der Waals surface area contributed by atoms with Crippen LogP contribution in [0, 0.1) is 6.92 Å². The van der Waals surface area contributed by atoms with Crippen LogP contribution >= 0.6 is 0 Å². The lowest BCUT2D eigenvalue weighted by Crippen LogP contribution is -1.87. The first-order chi connectivity index (χ1) is 9.81. The summed E-state index contributed by atoms with van der Waals surface area (Å²) in [5.74, 6) is 0.759. The SMILES string of the molecule is Cc1ccc2[nH]c(-c3nccc4ccccc34)nc2n1. The Bertz CT molecular complexity index is 919. The molecular formula is C16H12N4. The zero-order chi connectivity index (χ0) is 13.5. The van der Waals surface area contributed by atoms with Gasteiger partial charge in [-0.15, -0.1) is 0 Å². The molecule has 4 rings (SSSR count). The van der Waals surface area contributed by atoms with E-state index in [2.05, 4.69) is 32.1 Å². The summed E-state index contributed by atoms with van der Waals surface area (Å²) in [4.78, 5) is 16.8. The normalized spacial score (nSPS) is 11.2. The first kappa shape index (κ1) is 11.1. The molecule has 0 bridgehead atoms. The van der Waals surface area contributed by atoms with Gasteiger partial charge in [-0.05, 0) is 30.5 Å². The summed E-state index contributed by atoms with van der Waals surface area (Å²) in [5.41, 5.74) is 3.48. The lowest BCUT2D eigenvalue weighted by atomic mass is 10.1. The first-order valence-electron chi connectivity index (χ1n) is 6.49. The van der Waals surface area contributed by atoms with Crippen LogP contribution in [0.4, 0.5) is 0 Å². The average Bonchev–Trinajstić information content (AvgIpc) is 2.89. The Labute approximate surface area is 115 Å². The predicted octanol–water partition coefficient (Wildman–Crippen LogP) is 3.48. The number of pyridine rings is 2. The van der Waals surface area contributed by atoms with E-state index in [0.717, 1.165) is 39.1 Å². The van der Waals surface area contributed by atoms with Crippen molar-refractivity contribution >= 4 is 21.9 Å². The highest BCUT2D eigenvalue weighted by Gasteiger charge is 2.10. The summed E-state index contributed by atoms with van der Waals surface area (Å²) in [6.45, 7) is 1.96. The van der Waals surface area contributed by atoms with Gasteiger partial charge in [-0.2, -0.15) is 0 Å². The molecule has 4 heteroatoms. The summed E-state index contributed by atoms with van der Waals surface area (Å²) in [7, 11) is 0. The summed E-state index contributed by atoms with van der Waals surface area (Å²) in [6.07, 6.45) is 1.81. The minimum absolute atomic E-state index is 0.731. The maximum Gasteiger partial charge on any atom is 0.178 e. The van der Waals surface area contributed by atoms with Crippen LogP contribution in [0.3, 0.4) is 0 Å². The molecule has 0 atom stereocenters. The van der Waals surface area contributed by atoms with Crippen molar-refractivity contribution in [1.29, 1.82) is 0 Å². The summed E-state index contributed by atoms with van der Waals surface area (Å²) >= 11 is 0. The fourth-order valence-electron chi connectivity index (χ4n) is 2.41. The number of fused-ring (bicyclic) bond motifs is 2. The van der Waals surface area contributed by atoms with Gasteiger partial charge in [0, 0.05) is 17.3 Å². The number of aromatic nitrogens is 4. The van der Waals surface area contributed by atoms with E-state index < -0.39 is 0 Å². The number of imidazole rings is 1. The molecule has 96 valence electrons. The number of nitrogens with one attached hydrogen (secondary N) is 1. The van der Waals surface area contributed by atoms with E-state index >= 15 is 0 Å². The highest BCUT2D eigenvalue weighted by molar-refractivity contribution is 5.94. The summed E-state index contributed by atoms with van der Waals surface area (Å²) < 4.78 is 0. The minimum atomic E-state index is 0.731. The second-order valence-electron chi connectivity index (χ2n) is 4.79. The van der Waals surface area contributed by atoms with Gasteiger partial charge in [0.15, 0.2) is 11.5 Å². The van der Waals surface area contributed by atoms with Gasteiger partial charge >= 0.3 is 0 Å². The van der Waals surface area contributed by atoms with Gasteiger partial charge in [0.2, 0.25) is 0 Å². The summed E-state index contributed by atoms with van der Waals surface area (Å²) in [6, 6.07) is 14.1. The standard InChI is InChI=1S/C16H12N4/c1-10-6-7-13-15(18-10)20-16(19-13)14-12-5-3-2-4-11(12)8-9-17-14/h2-9H,1H3,(H,18,19,20). The van der Waals surface area contributed by atoms with Crippen LogP contribution < -0.4 is 0 Å². The third-order valence-electron chi connectivity index (χ3n) is 3.38. The Morgan fingerprint density at radius 1 is 0.950 bits per heavy atom. The van der Waals surface area contributed by atoms with Crippen LogP contribution in [0.1, 0.15) is 5.69 Å². The van der Waals surface area contributed by atoms with Crippen molar-refractivity contribution in [2.45, 2.75) is 6.92 Å². The van der Waals surface area contributed by atoms with E-state index in [1.165, 1.54) is 0 Å². The van der Waals surface area contributed by atoms with E-state index in [4.69, 9.17) is 0 Å². The highest BCUT2D eigenvalue weighted by atomic mass is 15.0. The van der Waals surface area contributed by atoms with E-state index in [1.54, 1.807) is 0 Å². The van der Waals surface area contributed by atoms with E-state index in [1.807, 2.05) is 43.5 Å². The molecule has 0 radical (unpaired) electrons. The van der Waals surface area contributed by atoms with E-state index in [9.17, 15) is 0 Å². The lowest BCUT2D eigenvalue weighted by Gasteiger charge is -2.01. The van der Waals surface area contributed by atoms with Crippen molar-refractivity contribution < 1.29 is 0 Å². The van der Waals surface area contributed by atoms with Crippen molar-refractivity contribution in [1.82, 2.24) is 19.9 Å². The van der Waals surface area contributed by atoms with Crippen LogP contribution in [0.5, 0.6) is 0 Å². The van der Waals surface area contributed by atoms with Gasteiger partial charge in [0.1, 0.15) is 5.69 Å². The summed E-state index contributed by atoms with van der Waals surface area (Å²) in [5, 5.41) is 2.24. The molecule has 3 heterocycles.